The maximum atomic E-state index is 13.0. The minimum Gasteiger partial charge on any atom is -0.472 e. The summed E-state index contributed by atoms with van der Waals surface area (Å²) in [6.45, 7) is 2.32. The van der Waals surface area contributed by atoms with Crippen LogP contribution in [0.4, 0.5) is 10.5 Å². The highest BCUT2D eigenvalue weighted by molar-refractivity contribution is 5.90. The molecule has 1 aliphatic rings. The lowest BCUT2D eigenvalue weighted by molar-refractivity contribution is 0.162. The number of carbonyl (C=O) groups is 1. The van der Waals surface area contributed by atoms with Crippen molar-refractivity contribution in [3.8, 4) is 0 Å². The van der Waals surface area contributed by atoms with E-state index in [9.17, 15) is 9.59 Å². The normalized spacial score (nSPS) is 15.1. The van der Waals surface area contributed by atoms with Crippen molar-refractivity contribution in [2.24, 2.45) is 7.05 Å². The highest BCUT2D eigenvalue weighted by Crippen LogP contribution is 2.25. The summed E-state index contributed by atoms with van der Waals surface area (Å²) in [5.74, 6) is 0. The molecule has 134 valence electrons. The van der Waals surface area contributed by atoms with Crippen LogP contribution in [0, 0.1) is 6.92 Å². The SMILES string of the molecule is Cc1ccn(C)c(=O)c1NC(=O)N(Cc1ccoc1)C1CCCCC1. The van der Waals surface area contributed by atoms with Crippen LogP contribution in [0.2, 0.25) is 0 Å². The Hall–Kier alpha value is -2.50. The van der Waals surface area contributed by atoms with Gasteiger partial charge in [0, 0.05) is 24.8 Å². The predicted molar refractivity (Wildman–Crippen MR) is 96.6 cm³/mol. The van der Waals surface area contributed by atoms with Gasteiger partial charge in [-0.05, 0) is 37.5 Å². The molecule has 0 atom stereocenters. The lowest BCUT2D eigenvalue weighted by Gasteiger charge is -2.34. The molecule has 2 heterocycles. The van der Waals surface area contributed by atoms with Crippen molar-refractivity contribution in [2.45, 2.75) is 51.6 Å². The zero-order valence-corrected chi connectivity index (χ0v) is 14.8. The van der Waals surface area contributed by atoms with Gasteiger partial charge in [-0.3, -0.25) is 4.79 Å². The van der Waals surface area contributed by atoms with Crippen molar-refractivity contribution in [3.63, 3.8) is 0 Å². The zero-order valence-electron chi connectivity index (χ0n) is 14.8. The van der Waals surface area contributed by atoms with Crippen LogP contribution in [-0.2, 0) is 13.6 Å². The molecule has 1 fully saturated rings. The van der Waals surface area contributed by atoms with Crippen molar-refractivity contribution in [1.29, 1.82) is 0 Å². The summed E-state index contributed by atoms with van der Waals surface area (Å²) in [5.41, 5.74) is 1.88. The van der Waals surface area contributed by atoms with Crippen LogP contribution in [0.15, 0.2) is 40.1 Å². The Morgan fingerprint density at radius 3 is 2.76 bits per heavy atom. The molecule has 0 bridgehead atoms. The molecule has 1 aliphatic carbocycles. The molecule has 0 radical (unpaired) electrons. The first kappa shape index (κ1) is 17.3. The van der Waals surface area contributed by atoms with Crippen LogP contribution in [-0.4, -0.2) is 21.5 Å². The molecule has 6 nitrogen and oxygen atoms in total. The number of hydrogen-bond acceptors (Lipinski definition) is 3. The molecule has 6 heteroatoms. The second-order valence-electron chi connectivity index (χ2n) is 6.77. The van der Waals surface area contributed by atoms with Crippen molar-refractivity contribution >= 4 is 11.7 Å². The van der Waals surface area contributed by atoms with E-state index in [0.717, 1.165) is 36.8 Å². The molecule has 1 saturated carbocycles. The van der Waals surface area contributed by atoms with E-state index in [1.165, 1.54) is 11.0 Å². The van der Waals surface area contributed by atoms with Gasteiger partial charge in [0.2, 0.25) is 0 Å². The number of anilines is 1. The summed E-state index contributed by atoms with van der Waals surface area (Å²) < 4.78 is 6.62. The third-order valence-electron chi connectivity index (χ3n) is 4.92. The Bertz CT molecular complexity index is 774. The first-order chi connectivity index (χ1) is 12.1. The van der Waals surface area contributed by atoms with E-state index in [2.05, 4.69) is 5.32 Å². The topological polar surface area (TPSA) is 67.5 Å². The van der Waals surface area contributed by atoms with E-state index in [1.54, 1.807) is 25.8 Å². The lowest BCUT2D eigenvalue weighted by atomic mass is 9.94. The Morgan fingerprint density at radius 2 is 2.08 bits per heavy atom. The third-order valence-corrected chi connectivity index (χ3v) is 4.92. The van der Waals surface area contributed by atoms with Crippen LogP contribution in [0.3, 0.4) is 0 Å². The molecular weight excluding hydrogens is 318 g/mol. The van der Waals surface area contributed by atoms with Crippen LogP contribution < -0.4 is 10.9 Å². The number of aryl methyl sites for hydroxylation is 2. The lowest BCUT2D eigenvalue weighted by Crippen LogP contribution is -2.44. The molecule has 0 spiro atoms. The van der Waals surface area contributed by atoms with E-state index in [1.807, 2.05) is 24.0 Å². The predicted octanol–water partition coefficient (Wildman–Crippen LogP) is 3.65. The number of amides is 2. The van der Waals surface area contributed by atoms with Gasteiger partial charge in [-0.1, -0.05) is 19.3 Å². The van der Waals surface area contributed by atoms with Crippen molar-refractivity contribution in [3.05, 3.63) is 52.3 Å². The van der Waals surface area contributed by atoms with Crippen LogP contribution in [0.1, 0.15) is 43.2 Å². The molecule has 2 amide bonds. The Labute approximate surface area is 147 Å². The Kier molecular flexibility index (Phi) is 5.26. The van der Waals surface area contributed by atoms with Gasteiger partial charge < -0.3 is 19.2 Å². The number of nitrogens with zero attached hydrogens (tertiary/aromatic N) is 2. The van der Waals surface area contributed by atoms with Gasteiger partial charge in [0.15, 0.2) is 0 Å². The van der Waals surface area contributed by atoms with E-state index in [-0.39, 0.29) is 17.6 Å². The monoisotopic (exact) mass is 343 g/mol. The number of carbonyl (C=O) groups excluding carboxylic acids is 1. The highest BCUT2D eigenvalue weighted by Gasteiger charge is 2.26. The summed E-state index contributed by atoms with van der Waals surface area (Å²) in [6, 6.07) is 3.67. The number of nitrogens with one attached hydrogen (secondary N) is 1. The van der Waals surface area contributed by atoms with Gasteiger partial charge in [-0.15, -0.1) is 0 Å². The van der Waals surface area contributed by atoms with Crippen LogP contribution >= 0.6 is 0 Å². The molecule has 25 heavy (non-hydrogen) atoms. The second-order valence-corrected chi connectivity index (χ2v) is 6.77. The zero-order chi connectivity index (χ0) is 17.8. The number of furan rings is 1. The standard InChI is InChI=1S/C19H25N3O3/c1-14-8-10-21(2)18(23)17(14)20-19(24)22(12-15-9-11-25-13-15)16-6-4-3-5-7-16/h8-11,13,16H,3-7,12H2,1-2H3,(H,20,24). The number of hydrogen-bond donors (Lipinski definition) is 1. The van der Waals surface area contributed by atoms with Crippen molar-refractivity contribution < 1.29 is 9.21 Å². The third kappa shape index (κ3) is 3.95. The second kappa shape index (κ2) is 7.59. The molecule has 0 unspecified atom stereocenters. The maximum Gasteiger partial charge on any atom is 0.322 e. The molecule has 2 aromatic rings. The fourth-order valence-electron chi connectivity index (χ4n) is 3.39. The molecule has 0 aliphatic heterocycles. The number of aromatic nitrogens is 1. The number of urea groups is 1. The minimum atomic E-state index is -0.223. The number of rotatable bonds is 4. The Balaban J connectivity index is 1.83. The average Bonchev–Trinajstić information content (AvgIpc) is 3.14. The van der Waals surface area contributed by atoms with Crippen molar-refractivity contribution in [1.82, 2.24) is 9.47 Å². The maximum absolute atomic E-state index is 13.0. The summed E-state index contributed by atoms with van der Waals surface area (Å²) >= 11 is 0. The Morgan fingerprint density at radius 1 is 1.32 bits per heavy atom. The van der Waals surface area contributed by atoms with Gasteiger partial charge >= 0.3 is 6.03 Å². The average molecular weight is 343 g/mol. The summed E-state index contributed by atoms with van der Waals surface area (Å²) in [7, 11) is 1.68. The number of pyridine rings is 1. The van der Waals surface area contributed by atoms with Gasteiger partial charge in [0.05, 0.1) is 19.1 Å². The van der Waals surface area contributed by atoms with Gasteiger partial charge in [0.25, 0.3) is 5.56 Å². The quantitative estimate of drug-likeness (QED) is 0.921. The van der Waals surface area contributed by atoms with Crippen LogP contribution in [0.25, 0.3) is 0 Å². The molecule has 3 rings (SSSR count). The van der Waals surface area contributed by atoms with E-state index >= 15 is 0 Å². The molecule has 1 N–H and O–H groups in total. The van der Waals surface area contributed by atoms with E-state index in [0.29, 0.717) is 12.2 Å². The largest absolute Gasteiger partial charge is 0.472 e. The van der Waals surface area contributed by atoms with E-state index in [4.69, 9.17) is 4.42 Å². The highest BCUT2D eigenvalue weighted by atomic mass is 16.3. The molecule has 2 aromatic heterocycles. The fraction of sp³-hybridized carbons (Fsp3) is 0.474. The summed E-state index contributed by atoms with van der Waals surface area (Å²) in [6.07, 6.45) is 10.5. The molecular formula is C19H25N3O3. The molecule has 0 saturated heterocycles. The summed E-state index contributed by atoms with van der Waals surface area (Å²) in [5, 5.41) is 2.85. The van der Waals surface area contributed by atoms with Gasteiger partial charge in [-0.25, -0.2) is 4.79 Å². The smallest absolute Gasteiger partial charge is 0.322 e. The van der Waals surface area contributed by atoms with Gasteiger partial charge in [0.1, 0.15) is 5.69 Å². The first-order valence-corrected chi connectivity index (χ1v) is 8.81. The minimum absolute atomic E-state index is 0.191. The van der Waals surface area contributed by atoms with Gasteiger partial charge in [-0.2, -0.15) is 0 Å². The fourth-order valence-corrected chi connectivity index (χ4v) is 3.39. The summed E-state index contributed by atoms with van der Waals surface area (Å²) in [4.78, 5) is 27.2. The van der Waals surface area contributed by atoms with Crippen LogP contribution in [0.5, 0.6) is 0 Å². The molecule has 0 aromatic carbocycles. The first-order valence-electron chi connectivity index (χ1n) is 8.81. The van der Waals surface area contributed by atoms with E-state index < -0.39 is 0 Å². The van der Waals surface area contributed by atoms with Crippen molar-refractivity contribution in [2.75, 3.05) is 5.32 Å².